The van der Waals surface area contributed by atoms with Gasteiger partial charge in [-0.3, -0.25) is 4.57 Å². The van der Waals surface area contributed by atoms with Crippen LogP contribution in [0.3, 0.4) is 0 Å². The van der Waals surface area contributed by atoms with E-state index in [-0.39, 0.29) is 11.1 Å². The van der Waals surface area contributed by atoms with Crippen LogP contribution in [0.1, 0.15) is 26.5 Å². The number of benzene rings is 1. The molecule has 0 saturated heterocycles. The summed E-state index contributed by atoms with van der Waals surface area (Å²) in [4.78, 5) is 2.90. The Morgan fingerprint density at radius 3 is 2.44 bits per heavy atom. The summed E-state index contributed by atoms with van der Waals surface area (Å²) in [7, 11) is 0. The smallest absolute Gasteiger partial charge is 0.182 e. The number of nitrogens with one attached hydrogen (secondary N) is 1. The van der Waals surface area contributed by atoms with Crippen LogP contribution in [-0.2, 0) is 5.41 Å². The molecule has 1 N–H and O–H groups in total. The number of hydrogen-bond donors (Lipinski definition) is 1. The van der Waals surface area contributed by atoms with Gasteiger partial charge in [0.25, 0.3) is 0 Å². The minimum absolute atomic E-state index is 0.200. The third-order valence-electron chi connectivity index (χ3n) is 2.70. The highest BCUT2D eigenvalue weighted by Crippen LogP contribution is 2.26. The van der Waals surface area contributed by atoms with Crippen molar-refractivity contribution in [1.29, 1.82) is 0 Å². The Bertz CT molecular complexity index is 635. The van der Waals surface area contributed by atoms with Gasteiger partial charge in [-0.15, -0.1) is 0 Å². The van der Waals surface area contributed by atoms with Crippen molar-refractivity contribution in [2.24, 2.45) is 0 Å². The summed E-state index contributed by atoms with van der Waals surface area (Å²) < 4.78 is 28.8. The Kier molecular flexibility index (Phi) is 3.11. The van der Waals surface area contributed by atoms with Crippen LogP contribution in [0.15, 0.2) is 24.4 Å². The molecule has 0 unspecified atom stereocenters. The van der Waals surface area contributed by atoms with Gasteiger partial charge in [0, 0.05) is 23.4 Å². The summed E-state index contributed by atoms with van der Waals surface area (Å²) in [5, 5.41) is 0. The largest absolute Gasteiger partial charge is 0.337 e. The third kappa shape index (κ3) is 2.22. The SMILES string of the molecule is CC(C)(C)c1c[nH]c(=S)n1-c1ccc(F)cc1F. The molecule has 1 aromatic carbocycles. The van der Waals surface area contributed by atoms with Crippen molar-refractivity contribution in [3.8, 4) is 5.69 Å². The molecular weight excluding hydrogens is 254 g/mol. The normalized spacial score (nSPS) is 11.8. The van der Waals surface area contributed by atoms with E-state index in [0.717, 1.165) is 11.8 Å². The van der Waals surface area contributed by atoms with E-state index in [1.54, 1.807) is 10.8 Å². The molecule has 96 valence electrons. The number of rotatable bonds is 1. The summed E-state index contributed by atoms with van der Waals surface area (Å²) in [6.45, 7) is 6.01. The second-order valence-corrected chi connectivity index (χ2v) is 5.55. The lowest BCUT2D eigenvalue weighted by Crippen LogP contribution is -2.17. The fraction of sp³-hybridized carbons (Fsp3) is 0.308. The second-order valence-electron chi connectivity index (χ2n) is 5.16. The molecule has 0 atom stereocenters. The van der Waals surface area contributed by atoms with E-state index in [9.17, 15) is 8.78 Å². The Balaban J connectivity index is 2.71. The monoisotopic (exact) mass is 268 g/mol. The number of halogens is 2. The zero-order chi connectivity index (χ0) is 13.5. The summed E-state index contributed by atoms with van der Waals surface area (Å²) in [5.74, 6) is -1.23. The highest BCUT2D eigenvalue weighted by molar-refractivity contribution is 7.71. The number of nitrogens with zero attached hydrogens (tertiary/aromatic N) is 1. The molecule has 1 aromatic heterocycles. The molecule has 2 rings (SSSR count). The van der Waals surface area contributed by atoms with Crippen LogP contribution in [-0.4, -0.2) is 9.55 Å². The minimum atomic E-state index is -0.629. The first-order chi connectivity index (χ1) is 8.30. The van der Waals surface area contributed by atoms with Gasteiger partial charge in [0.1, 0.15) is 11.6 Å². The molecule has 0 aliphatic rings. The standard InChI is InChI=1S/C13H14F2N2S/c1-13(2,3)11-7-16-12(18)17(11)10-5-4-8(14)6-9(10)15/h4-7H,1-3H3,(H,16,18). The van der Waals surface area contributed by atoms with E-state index in [2.05, 4.69) is 4.98 Å². The zero-order valence-electron chi connectivity index (χ0n) is 10.4. The van der Waals surface area contributed by atoms with Crippen LogP contribution < -0.4 is 0 Å². The van der Waals surface area contributed by atoms with Crippen molar-refractivity contribution in [1.82, 2.24) is 9.55 Å². The molecule has 0 saturated carbocycles. The summed E-state index contributed by atoms with van der Waals surface area (Å²) >= 11 is 5.16. The van der Waals surface area contributed by atoms with Gasteiger partial charge in [-0.05, 0) is 24.4 Å². The van der Waals surface area contributed by atoms with Crippen LogP contribution in [0.2, 0.25) is 0 Å². The third-order valence-corrected chi connectivity index (χ3v) is 3.00. The zero-order valence-corrected chi connectivity index (χ0v) is 11.2. The molecule has 0 spiro atoms. The van der Waals surface area contributed by atoms with Gasteiger partial charge >= 0.3 is 0 Å². The molecule has 0 fully saturated rings. The van der Waals surface area contributed by atoms with E-state index in [1.165, 1.54) is 12.1 Å². The molecule has 0 radical (unpaired) electrons. The quantitative estimate of drug-likeness (QED) is 0.772. The molecule has 2 nitrogen and oxygen atoms in total. The lowest BCUT2D eigenvalue weighted by atomic mass is 9.92. The molecule has 0 amide bonds. The van der Waals surface area contributed by atoms with Crippen molar-refractivity contribution in [2.75, 3.05) is 0 Å². The number of imidazole rings is 1. The van der Waals surface area contributed by atoms with Gasteiger partial charge in [0.05, 0.1) is 5.69 Å². The molecule has 0 aliphatic heterocycles. The van der Waals surface area contributed by atoms with Crippen molar-refractivity contribution in [3.05, 3.63) is 46.5 Å². The average Bonchev–Trinajstić information content (AvgIpc) is 2.60. The molecule has 0 bridgehead atoms. The van der Waals surface area contributed by atoms with Gasteiger partial charge < -0.3 is 4.98 Å². The maximum absolute atomic E-state index is 13.8. The van der Waals surface area contributed by atoms with Gasteiger partial charge in [0.15, 0.2) is 4.77 Å². The van der Waals surface area contributed by atoms with E-state index in [4.69, 9.17) is 12.2 Å². The van der Waals surface area contributed by atoms with Crippen molar-refractivity contribution in [3.63, 3.8) is 0 Å². The Morgan fingerprint density at radius 2 is 1.89 bits per heavy atom. The first-order valence-corrected chi connectivity index (χ1v) is 5.98. The van der Waals surface area contributed by atoms with Gasteiger partial charge in [-0.25, -0.2) is 8.78 Å². The fourth-order valence-electron chi connectivity index (χ4n) is 1.82. The fourth-order valence-corrected chi connectivity index (χ4v) is 2.08. The van der Waals surface area contributed by atoms with Crippen LogP contribution >= 0.6 is 12.2 Å². The summed E-state index contributed by atoms with van der Waals surface area (Å²) in [6.07, 6.45) is 1.76. The lowest BCUT2D eigenvalue weighted by Gasteiger charge is -2.21. The van der Waals surface area contributed by atoms with Crippen molar-refractivity contribution in [2.45, 2.75) is 26.2 Å². The predicted molar refractivity (Wildman–Crippen MR) is 69.6 cm³/mol. The first kappa shape index (κ1) is 13.0. The number of hydrogen-bond acceptors (Lipinski definition) is 1. The Hall–Kier alpha value is -1.49. The van der Waals surface area contributed by atoms with E-state index < -0.39 is 11.6 Å². The molecule has 2 aromatic rings. The minimum Gasteiger partial charge on any atom is -0.337 e. The van der Waals surface area contributed by atoms with Crippen molar-refractivity contribution < 1.29 is 8.78 Å². The average molecular weight is 268 g/mol. The van der Waals surface area contributed by atoms with Crippen LogP contribution in [0, 0.1) is 16.4 Å². The molecule has 1 heterocycles. The van der Waals surface area contributed by atoms with E-state index >= 15 is 0 Å². The van der Waals surface area contributed by atoms with Crippen LogP contribution in [0.4, 0.5) is 8.78 Å². The summed E-state index contributed by atoms with van der Waals surface area (Å²) in [6, 6.07) is 3.47. The first-order valence-electron chi connectivity index (χ1n) is 5.57. The maximum atomic E-state index is 13.8. The highest BCUT2D eigenvalue weighted by atomic mass is 32.1. The lowest BCUT2D eigenvalue weighted by molar-refractivity contribution is 0.541. The summed E-state index contributed by atoms with van der Waals surface area (Å²) in [5.41, 5.74) is 0.902. The maximum Gasteiger partial charge on any atom is 0.182 e. The second kappa shape index (κ2) is 4.31. The number of H-pyrrole nitrogens is 1. The van der Waals surface area contributed by atoms with Crippen LogP contribution in [0.5, 0.6) is 0 Å². The highest BCUT2D eigenvalue weighted by Gasteiger charge is 2.21. The number of aromatic amines is 1. The molecule has 18 heavy (non-hydrogen) atoms. The Labute approximate surface area is 109 Å². The van der Waals surface area contributed by atoms with E-state index in [1.807, 2.05) is 20.8 Å². The predicted octanol–water partition coefficient (Wildman–Crippen LogP) is 4.11. The van der Waals surface area contributed by atoms with Gasteiger partial charge in [-0.2, -0.15) is 0 Å². The Morgan fingerprint density at radius 1 is 1.22 bits per heavy atom. The molecular formula is C13H14F2N2S. The van der Waals surface area contributed by atoms with Gasteiger partial charge in [0.2, 0.25) is 0 Å². The topological polar surface area (TPSA) is 20.7 Å². The molecule has 0 aliphatic carbocycles. The molecule has 5 heteroatoms. The van der Waals surface area contributed by atoms with Crippen molar-refractivity contribution >= 4 is 12.2 Å². The number of aromatic nitrogens is 2. The van der Waals surface area contributed by atoms with Gasteiger partial charge in [-0.1, -0.05) is 20.8 Å². The van der Waals surface area contributed by atoms with E-state index in [0.29, 0.717) is 4.77 Å². The van der Waals surface area contributed by atoms with Crippen LogP contribution in [0.25, 0.3) is 5.69 Å².